The summed E-state index contributed by atoms with van der Waals surface area (Å²) >= 11 is 0. The molecule has 120 valence electrons. The largest absolute Gasteiger partial charge is 0.369 e. The Bertz CT molecular complexity index is 543. The van der Waals surface area contributed by atoms with Crippen molar-refractivity contribution in [1.82, 2.24) is 5.06 Å². The van der Waals surface area contributed by atoms with Gasteiger partial charge >= 0.3 is 5.97 Å². The van der Waals surface area contributed by atoms with Crippen molar-refractivity contribution in [3.8, 4) is 0 Å². The summed E-state index contributed by atoms with van der Waals surface area (Å²) in [5.74, 6) is -0.240. The molecule has 2 rings (SSSR count). The lowest BCUT2D eigenvalue weighted by Crippen LogP contribution is -2.48. The number of hydrogen-bond donors (Lipinski definition) is 0. The maximum atomic E-state index is 11.8. The van der Waals surface area contributed by atoms with Crippen molar-refractivity contribution in [3.63, 3.8) is 0 Å². The minimum atomic E-state index is -0.518. The van der Waals surface area contributed by atoms with Crippen molar-refractivity contribution in [1.29, 1.82) is 0 Å². The number of nitro groups is 1. The number of non-ortho nitro benzene ring substituents is 1. The van der Waals surface area contributed by atoms with Gasteiger partial charge in [0.25, 0.3) is 5.69 Å². The number of hydroxylamine groups is 2. The Morgan fingerprint density at radius 2 is 1.68 bits per heavy atom. The molecule has 0 unspecified atom stereocenters. The highest BCUT2D eigenvalue weighted by Crippen LogP contribution is 2.21. The van der Waals surface area contributed by atoms with Gasteiger partial charge < -0.3 is 9.74 Å². The smallest absolute Gasteiger partial charge is 0.330 e. The fourth-order valence-corrected chi connectivity index (χ4v) is 2.08. The lowest BCUT2D eigenvalue weighted by atomic mass is 9.98. The number of nitrogens with zero attached hydrogens (tertiary/aromatic N) is 3. The molecule has 0 amide bonds. The Morgan fingerprint density at radius 1 is 1.14 bits per heavy atom. The summed E-state index contributed by atoms with van der Waals surface area (Å²) in [4.78, 5) is 29.6. The van der Waals surface area contributed by atoms with Gasteiger partial charge in [0.2, 0.25) is 0 Å². The predicted octanol–water partition coefficient (Wildman–Crippen LogP) is 2.22. The average Bonchev–Trinajstić information content (AvgIpc) is 2.47. The minimum absolute atomic E-state index is 0.0847. The fraction of sp³-hybridized carbons (Fsp3) is 0.533. The number of nitro benzene ring substituents is 1. The van der Waals surface area contributed by atoms with E-state index in [0.29, 0.717) is 26.2 Å². The van der Waals surface area contributed by atoms with Crippen LogP contribution in [0.2, 0.25) is 0 Å². The number of piperazine rings is 1. The first-order valence-corrected chi connectivity index (χ1v) is 7.24. The van der Waals surface area contributed by atoms with E-state index in [-0.39, 0.29) is 11.7 Å². The van der Waals surface area contributed by atoms with Gasteiger partial charge in [-0.05, 0) is 32.9 Å². The minimum Gasteiger partial charge on any atom is -0.369 e. The van der Waals surface area contributed by atoms with Gasteiger partial charge in [-0.2, -0.15) is 0 Å². The van der Waals surface area contributed by atoms with Crippen molar-refractivity contribution in [2.75, 3.05) is 31.1 Å². The zero-order valence-corrected chi connectivity index (χ0v) is 13.1. The van der Waals surface area contributed by atoms with Crippen LogP contribution in [0, 0.1) is 15.5 Å². The summed E-state index contributed by atoms with van der Waals surface area (Å²) in [6.07, 6.45) is 0. The van der Waals surface area contributed by atoms with E-state index in [9.17, 15) is 14.9 Å². The maximum Gasteiger partial charge on any atom is 0.330 e. The first kappa shape index (κ1) is 16.2. The van der Waals surface area contributed by atoms with E-state index in [4.69, 9.17) is 4.84 Å². The number of anilines is 1. The molecule has 1 fully saturated rings. The van der Waals surface area contributed by atoms with Gasteiger partial charge in [-0.25, -0.2) is 4.79 Å². The van der Waals surface area contributed by atoms with E-state index in [1.807, 2.05) is 20.8 Å². The SMILES string of the molecule is CC(C)(C)C(=O)ON1CCN(c2ccc([N+](=O)[O-])cc2)CC1. The molecule has 1 aromatic rings. The predicted molar refractivity (Wildman–Crippen MR) is 82.4 cm³/mol. The van der Waals surface area contributed by atoms with Crippen LogP contribution in [-0.2, 0) is 9.63 Å². The molecular weight excluding hydrogens is 286 g/mol. The highest BCUT2D eigenvalue weighted by atomic mass is 16.7. The molecule has 0 radical (unpaired) electrons. The molecule has 1 heterocycles. The van der Waals surface area contributed by atoms with Crippen LogP contribution in [0.5, 0.6) is 0 Å². The zero-order chi connectivity index (χ0) is 16.3. The Kier molecular flexibility index (Phi) is 4.65. The third-order valence-corrected chi connectivity index (χ3v) is 3.49. The van der Waals surface area contributed by atoms with Crippen LogP contribution in [-0.4, -0.2) is 42.1 Å². The monoisotopic (exact) mass is 307 g/mol. The van der Waals surface area contributed by atoms with Crippen LogP contribution in [0.25, 0.3) is 0 Å². The van der Waals surface area contributed by atoms with Crippen LogP contribution in [0.1, 0.15) is 20.8 Å². The van der Waals surface area contributed by atoms with Gasteiger partial charge in [-0.1, -0.05) is 0 Å². The highest BCUT2D eigenvalue weighted by Gasteiger charge is 2.27. The molecule has 0 saturated carbocycles. The molecule has 1 aromatic carbocycles. The molecule has 7 nitrogen and oxygen atoms in total. The first-order valence-electron chi connectivity index (χ1n) is 7.24. The molecule has 0 aliphatic carbocycles. The standard InChI is InChI=1S/C15H21N3O4/c1-15(2,3)14(19)22-17-10-8-16(9-11-17)12-4-6-13(7-5-12)18(20)21/h4-7H,8-11H2,1-3H3. The van der Waals surface area contributed by atoms with E-state index in [2.05, 4.69) is 4.90 Å². The Morgan fingerprint density at radius 3 is 2.14 bits per heavy atom. The Labute approximate surface area is 129 Å². The van der Waals surface area contributed by atoms with Gasteiger partial charge in [0.1, 0.15) is 0 Å². The number of benzene rings is 1. The van der Waals surface area contributed by atoms with E-state index in [0.717, 1.165) is 5.69 Å². The van der Waals surface area contributed by atoms with Crippen LogP contribution in [0.4, 0.5) is 11.4 Å². The summed E-state index contributed by atoms with van der Waals surface area (Å²) < 4.78 is 0. The molecule has 1 aliphatic heterocycles. The van der Waals surface area contributed by atoms with Crippen molar-refractivity contribution >= 4 is 17.3 Å². The van der Waals surface area contributed by atoms with Gasteiger partial charge in [-0.15, -0.1) is 5.06 Å². The molecule has 1 saturated heterocycles. The van der Waals surface area contributed by atoms with Crippen LogP contribution in [0.3, 0.4) is 0 Å². The number of carbonyl (C=O) groups excluding carboxylic acids is 1. The number of hydrogen-bond acceptors (Lipinski definition) is 6. The normalized spacial score (nSPS) is 16.4. The number of rotatable bonds is 3. The van der Waals surface area contributed by atoms with E-state index < -0.39 is 10.3 Å². The second-order valence-electron chi connectivity index (χ2n) is 6.32. The molecule has 1 aliphatic rings. The first-order chi connectivity index (χ1) is 10.3. The molecule has 0 spiro atoms. The summed E-state index contributed by atoms with van der Waals surface area (Å²) in [6.45, 7) is 8.09. The Hall–Kier alpha value is -2.15. The van der Waals surface area contributed by atoms with Gasteiger partial charge in [0, 0.05) is 30.9 Å². The quantitative estimate of drug-likeness (QED) is 0.629. The van der Waals surface area contributed by atoms with E-state index in [1.54, 1.807) is 17.2 Å². The molecule has 0 atom stereocenters. The molecule has 0 bridgehead atoms. The van der Waals surface area contributed by atoms with Gasteiger partial charge in [0.05, 0.1) is 23.4 Å². The molecule has 7 heteroatoms. The van der Waals surface area contributed by atoms with Crippen molar-refractivity contribution in [2.45, 2.75) is 20.8 Å². The van der Waals surface area contributed by atoms with E-state index >= 15 is 0 Å². The molecular formula is C15H21N3O4. The van der Waals surface area contributed by atoms with E-state index in [1.165, 1.54) is 12.1 Å². The summed E-state index contributed by atoms with van der Waals surface area (Å²) in [5.41, 5.74) is 0.504. The molecule has 22 heavy (non-hydrogen) atoms. The molecule has 0 aromatic heterocycles. The average molecular weight is 307 g/mol. The van der Waals surface area contributed by atoms with Crippen LogP contribution < -0.4 is 4.90 Å². The van der Waals surface area contributed by atoms with Crippen LogP contribution >= 0.6 is 0 Å². The lowest BCUT2D eigenvalue weighted by Gasteiger charge is -2.35. The van der Waals surface area contributed by atoms with Gasteiger partial charge in [0.15, 0.2) is 0 Å². The molecule has 0 N–H and O–H groups in total. The highest BCUT2D eigenvalue weighted by molar-refractivity contribution is 5.75. The third-order valence-electron chi connectivity index (χ3n) is 3.49. The second-order valence-corrected chi connectivity index (χ2v) is 6.32. The second kappa shape index (κ2) is 6.31. The third kappa shape index (κ3) is 3.94. The summed E-state index contributed by atoms with van der Waals surface area (Å²) in [7, 11) is 0. The van der Waals surface area contributed by atoms with Gasteiger partial charge in [-0.3, -0.25) is 10.1 Å². The number of carbonyl (C=O) groups is 1. The van der Waals surface area contributed by atoms with Crippen LogP contribution in [0.15, 0.2) is 24.3 Å². The van der Waals surface area contributed by atoms with Crippen molar-refractivity contribution in [3.05, 3.63) is 34.4 Å². The topological polar surface area (TPSA) is 75.9 Å². The lowest BCUT2D eigenvalue weighted by molar-refractivity contribution is -0.384. The summed E-state index contributed by atoms with van der Waals surface area (Å²) in [5, 5.41) is 12.3. The Balaban J connectivity index is 1.89. The fourth-order valence-electron chi connectivity index (χ4n) is 2.08. The van der Waals surface area contributed by atoms with Crippen molar-refractivity contribution in [2.24, 2.45) is 5.41 Å². The van der Waals surface area contributed by atoms with Crippen molar-refractivity contribution < 1.29 is 14.6 Å². The summed E-state index contributed by atoms with van der Waals surface area (Å²) in [6, 6.07) is 6.49. The maximum absolute atomic E-state index is 11.8. The zero-order valence-electron chi connectivity index (χ0n) is 13.1.